The molecule has 5 rings (SSSR count). The van der Waals surface area contributed by atoms with Crippen molar-refractivity contribution in [3.63, 3.8) is 0 Å². The number of ether oxygens (including phenoxy) is 3. The molecule has 2 aliphatic carbocycles. The van der Waals surface area contributed by atoms with Crippen molar-refractivity contribution in [3.05, 3.63) is 42.6 Å². The molecule has 1 aromatic heterocycles. The van der Waals surface area contributed by atoms with Crippen molar-refractivity contribution < 1.29 is 41.8 Å². The van der Waals surface area contributed by atoms with E-state index in [1.165, 1.54) is 25.1 Å². The van der Waals surface area contributed by atoms with Crippen molar-refractivity contribution in [2.75, 3.05) is 27.7 Å². The van der Waals surface area contributed by atoms with Crippen LogP contribution in [0.3, 0.4) is 0 Å². The van der Waals surface area contributed by atoms with Crippen molar-refractivity contribution in [1.82, 2.24) is 29.5 Å². The third-order valence-electron chi connectivity index (χ3n) is 10.1. The zero-order valence-electron chi connectivity index (χ0n) is 30.9. The Labute approximate surface area is 305 Å². The first-order valence-electron chi connectivity index (χ1n) is 17.5. The van der Waals surface area contributed by atoms with Crippen LogP contribution >= 0.6 is 0 Å². The molecule has 1 aliphatic heterocycles. The zero-order valence-corrected chi connectivity index (χ0v) is 31.7. The van der Waals surface area contributed by atoms with Gasteiger partial charge in [0.2, 0.25) is 11.8 Å². The van der Waals surface area contributed by atoms with Crippen LogP contribution in [0.2, 0.25) is 0 Å². The van der Waals surface area contributed by atoms with E-state index in [2.05, 4.69) is 22.2 Å². The molecule has 0 radical (unpaired) electrons. The molecule has 1 aromatic carbocycles. The number of pyridine rings is 1. The summed E-state index contributed by atoms with van der Waals surface area (Å²) < 4.78 is 45.7. The van der Waals surface area contributed by atoms with Gasteiger partial charge >= 0.3 is 16.3 Å². The summed E-state index contributed by atoms with van der Waals surface area (Å²) in [5, 5.41) is 6.24. The van der Waals surface area contributed by atoms with Gasteiger partial charge in [-0.05, 0) is 56.6 Å². The van der Waals surface area contributed by atoms with Gasteiger partial charge in [0.15, 0.2) is 0 Å². The van der Waals surface area contributed by atoms with Gasteiger partial charge < -0.3 is 29.7 Å². The Morgan fingerprint density at radius 2 is 1.83 bits per heavy atom. The number of hydrogen-bond acceptors (Lipinski definition) is 10. The number of aryl methyl sites for hydroxylation is 1. The minimum atomic E-state index is -4.17. The summed E-state index contributed by atoms with van der Waals surface area (Å²) in [5.74, 6) is -1.72. The smallest absolute Gasteiger partial charge is 0.408 e. The third-order valence-corrected chi connectivity index (χ3v) is 11.5. The molecular formula is C36H50N6O9S. The topological polar surface area (TPSA) is 186 Å². The number of fused-ring (bicyclic) bond motifs is 1. The summed E-state index contributed by atoms with van der Waals surface area (Å²) in [5.41, 5.74) is -0.922. The molecule has 2 saturated carbocycles. The van der Waals surface area contributed by atoms with Gasteiger partial charge in [-0.1, -0.05) is 26.8 Å². The zero-order chi connectivity index (χ0) is 38.2. The highest BCUT2D eigenvalue weighted by molar-refractivity contribution is 7.87. The number of nitrogens with one attached hydrogen (secondary N) is 3. The predicted molar refractivity (Wildman–Crippen MR) is 193 cm³/mol. The lowest BCUT2D eigenvalue weighted by Gasteiger charge is -2.35. The fraction of sp³-hybridized carbons (Fsp3) is 0.583. The second-order valence-corrected chi connectivity index (χ2v) is 16.9. The monoisotopic (exact) mass is 742 g/mol. The van der Waals surface area contributed by atoms with Gasteiger partial charge in [-0.15, -0.1) is 6.58 Å². The van der Waals surface area contributed by atoms with Crippen LogP contribution in [0.15, 0.2) is 37.1 Å². The fourth-order valence-electron chi connectivity index (χ4n) is 6.95. The van der Waals surface area contributed by atoms with Crippen LogP contribution in [0.4, 0.5) is 4.79 Å². The molecular weight excluding hydrogens is 692 g/mol. The molecule has 16 heteroatoms. The molecule has 0 bridgehead atoms. The van der Waals surface area contributed by atoms with Gasteiger partial charge in [-0.2, -0.15) is 12.7 Å². The van der Waals surface area contributed by atoms with Gasteiger partial charge in [0.05, 0.1) is 19.2 Å². The van der Waals surface area contributed by atoms with Crippen molar-refractivity contribution in [2.45, 2.75) is 96.1 Å². The number of aromatic nitrogens is 1. The molecule has 3 aliphatic rings. The van der Waals surface area contributed by atoms with E-state index in [9.17, 15) is 27.6 Å². The maximum atomic E-state index is 14.5. The Morgan fingerprint density at radius 3 is 2.42 bits per heavy atom. The Hall–Kier alpha value is -4.44. The first-order chi connectivity index (χ1) is 24.4. The SMILES string of the molecule is C=CC1C[C@]1(NC(=O)[C@@H]1C[C@@H](Oc2cc(OC)c(C)c3ncccc23)CN1C(=O)[C@@H](NC(=O)OC1CCCC1)C(C)(C)C)C(=O)NS(=O)(=O)N(C)C. The highest BCUT2D eigenvalue weighted by atomic mass is 32.2. The number of alkyl carbamates (subject to hydrolysis) is 1. The van der Waals surface area contributed by atoms with Gasteiger partial charge in [0.25, 0.3) is 5.91 Å². The van der Waals surface area contributed by atoms with Crippen molar-refractivity contribution in [2.24, 2.45) is 11.3 Å². The van der Waals surface area contributed by atoms with Crippen LogP contribution in [0, 0.1) is 18.3 Å². The summed E-state index contributed by atoms with van der Waals surface area (Å²) in [4.78, 5) is 61.2. The molecule has 4 amide bonds. The molecule has 52 heavy (non-hydrogen) atoms. The number of amides is 4. The Morgan fingerprint density at radius 1 is 1.13 bits per heavy atom. The summed E-state index contributed by atoms with van der Waals surface area (Å²) in [6.07, 6.45) is 5.02. The standard InChI is InChI=1S/C36H50N6O9S/c1-9-22-19-36(22,33(45)40-52(47,48)41(6)7)39-31(43)26-17-24(50-28-18-27(49-8)21(2)29-25(28)15-12-16-37-29)20-42(26)32(44)30(35(3,4)5)38-34(46)51-23-13-10-11-14-23/h9,12,15-16,18,22-24,26,30H,1,10-11,13-14,17,19-20H2,2-8H3,(H,38,46)(H,39,43)(H,40,45)/t22?,24-,26+,30-,36-/m1/s1. The molecule has 15 nitrogen and oxygen atoms in total. The number of rotatable bonds is 12. The molecule has 5 atom stereocenters. The molecule has 284 valence electrons. The lowest BCUT2D eigenvalue weighted by molar-refractivity contribution is -0.143. The highest BCUT2D eigenvalue weighted by Crippen LogP contribution is 2.45. The maximum absolute atomic E-state index is 14.5. The van der Waals surface area contributed by atoms with Gasteiger partial charge in [0, 0.05) is 49.6 Å². The Kier molecular flexibility index (Phi) is 11.1. The lowest BCUT2D eigenvalue weighted by atomic mass is 9.85. The van der Waals surface area contributed by atoms with Crippen LogP contribution in [0.1, 0.15) is 64.9 Å². The normalized spacial score (nSPS) is 23.9. The van der Waals surface area contributed by atoms with Gasteiger partial charge in [-0.25, -0.2) is 9.52 Å². The summed E-state index contributed by atoms with van der Waals surface area (Å²) in [7, 11) is -0.0911. The van der Waals surface area contributed by atoms with E-state index < -0.39 is 69.1 Å². The van der Waals surface area contributed by atoms with E-state index in [0.29, 0.717) is 22.4 Å². The van der Waals surface area contributed by atoms with Gasteiger partial charge in [0.1, 0.15) is 41.3 Å². The number of nitrogens with zero attached hydrogens (tertiary/aromatic N) is 3. The minimum Gasteiger partial charge on any atom is -0.496 e. The largest absolute Gasteiger partial charge is 0.496 e. The van der Waals surface area contributed by atoms with E-state index in [1.807, 2.05) is 17.7 Å². The molecule has 1 unspecified atom stereocenters. The molecule has 3 fully saturated rings. The Balaban J connectivity index is 1.46. The average Bonchev–Trinajstić information content (AvgIpc) is 3.35. The van der Waals surface area contributed by atoms with Crippen LogP contribution in [-0.4, -0.2) is 104 Å². The number of benzene rings is 1. The van der Waals surface area contributed by atoms with E-state index in [0.717, 1.165) is 35.6 Å². The first-order valence-corrected chi connectivity index (χ1v) is 18.9. The molecule has 2 heterocycles. The molecule has 1 saturated heterocycles. The van der Waals surface area contributed by atoms with Crippen LogP contribution in [-0.2, 0) is 29.3 Å². The van der Waals surface area contributed by atoms with E-state index in [-0.39, 0.29) is 25.5 Å². The summed E-state index contributed by atoms with van der Waals surface area (Å²) in [6.45, 7) is 11.0. The van der Waals surface area contributed by atoms with E-state index in [4.69, 9.17) is 14.2 Å². The van der Waals surface area contributed by atoms with Crippen molar-refractivity contribution in [3.8, 4) is 11.5 Å². The number of carbonyl (C=O) groups is 4. The number of hydrogen-bond donors (Lipinski definition) is 3. The average molecular weight is 743 g/mol. The van der Waals surface area contributed by atoms with E-state index in [1.54, 1.807) is 46.2 Å². The highest BCUT2D eigenvalue weighted by Gasteiger charge is 2.61. The predicted octanol–water partition coefficient (Wildman–Crippen LogP) is 2.97. The third kappa shape index (κ3) is 7.97. The molecule has 3 N–H and O–H groups in total. The van der Waals surface area contributed by atoms with Crippen LogP contribution in [0.5, 0.6) is 11.5 Å². The molecule has 2 aromatic rings. The van der Waals surface area contributed by atoms with Gasteiger partial charge in [-0.3, -0.25) is 19.4 Å². The first kappa shape index (κ1) is 38.8. The van der Waals surface area contributed by atoms with Crippen LogP contribution < -0.4 is 24.8 Å². The number of likely N-dealkylation sites (tertiary alicyclic amines) is 1. The van der Waals surface area contributed by atoms with Crippen LogP contribution in [0.25, 0.3) is 10.9 Å². The van der Waals surface area contributed by atoms with E-state index >= 15 is 0 Å². The second-order valence-electron chi connectivity index (χ2n) is 15.1. The Bertz CT molecular complexity index is 1840. The minimum absolute atomic E-state index is 0.0192. The fourth-order valence-corrected chi connectivity index (χ4v) is 7.55. The lowest BCUT2D eigenvalue weighted by Crippen LogP contribution is -2.60. The van der Waals surface area contributed by atoms with Crippen molar-refractivity contribution >= 4 is 44.9 Å². The summed E-state index contributed by atoms with van der Waals surface area (Å²) in [6, 6.07) is 3.12. The number of methoxy groups -OCH3 is 1. The van der Waals surface area contributed by atoms with Crippen molar-refractivity contribution in [1.29, 1.82) is 0 Å². The maximum Gasteiger partial charge on any atom is 0.408 e. The molecule has 0 spiro atoms. The number of carbonyl (C=O) groups excluding carboxylic acids is 4. The summed E-state index contributed by atoms with van der Waals surface area (Å²) >= 11 is 0. The second kappa shape index (κ2) is 14.9. The quantitative estimate of drug-likeness (QED) is 0.273.